The Morgan fingerprint density at radius 3 is 2.73 bits per heavy atom. The van der Waals surface area contributed by atoms with E-state index in [1.165, 1.54) is 11.3 Å². The van der Waals surface area contributed by atoms with Gasteiger partial charge in [0.1, 0.15) is 11.6 Å². The van der Waals surface area contributed by atoms with Crippen LogP contribution in [0.15, 0.2) is 30.3 Å². The maximum Gasteiger partial charge on any atom is 0.238 e. The molecule has 0 aliphatic heterocycles. The molecule has 0 atom stereocenters. The van der Waals surface area contributed by atoms with E-state index < -0.39 is 17.5 Å². The minimum absolute atomic E-state index is 0.0853. The number of rotatable bonds is 6. The van der Waals surface area contributed by atoms with Crippen molar-refractivity contribution in [3.05, 3.63) is 51.2 Å². The molecule has 2 rings (SSSR count). The van der Waals surface area contributed by atoms with Crippen LogP contribution in [-0.2, 0) is 11.3 Å². The lowest BCUT2D eigenvalue weighted by Gasteiger charge is -2.19. The Labute approximate surface area is 136 Å². The van der Waals surface area contributed by atoms with Crippen molar-refractivity contribution in [2.45, 2.75) is 13.5 Å². The molecule has 0 aliphatic carbocycles. The number of thiophene rings is 1. The second-order valence-corrected chi connectivity index (χ2v) is 6.48. The largest absolute Gasteiger partial charge is 0.322 e. The average molecular weight is 345 g/mol. The van der Waals surface area contributed by atoms with Crippen LogP contribution in [-0.4, -0.2) is 23.9 Å². The van der Waals surface area contributed by atoms with Gasteiger partial charge in [0.2, 0.25) is 5.91 Å². The van der Waals surface area contributed by atoms with Gasteiger partial charge in [-0.3, -0.25) is 9.69 Å². The van der Waals surface area contributed by atoms with Crippen molar-refractivity contribution in [1.82, 2.24) is 4.90 Å². The molecule has 0 saturated heterocycles. The Morgan fingerprint density at radius 1 is 1.32 bits per heavy atom. The predicted octanol–water partition coefficient (Wildman–Crippen LogP) is 4.14. The van der Waals surface area contributed by atoms with Gasteiger partial charge in [-0.25, -0.2) is 8.78 Å². The Balaban J connectivity index is 1.95. The molecule has 3 nitrogen and oxygen atoms in total. The molecule has 0 saturated carbocycles. The summed E-state index contributed by atoms with van der Waals surface area (Å²) in [5, 5.41) is 2.39. The highest BCUT2D eigenvalue weighted by Crippen LogP contribution is 2.22. The van der Waals surface area contributed by atoms with E-state index in [9.17, 15) is 13.6 Å². The lowest BCUT2D eigenvalue weighted by molar-refractivity contribution is -0.117. The van der Waals surface area contributed by atoms with Gasteiger partial charge in [0, 0.05) is 17.5 Å². The maximum absolute atomic E-state index is 13.5. The molecule has 1 amide bonds. The molecular formula is C15H15ClF2N2OS. The van der Waals surface area contributed by atoms with Gasteiger partial charge in [-0.1, -0.05) is 18.5 Å². The molecule has 7 heteroatoms. The van der Waals surface area contributed by atoms with Crippen molar-refractivity contribution in [2.75, 3.05) is 18.4 Å². The molecule has 0 bridgehead atoms. The fraction of sp³-hybridized carbons (Fsp3) is 0.267. The summed E-state index contributed by atoms with van der Waals surface area (Å²) < 4.78 is 27.3. The first kappa shape index (κ1) is 16.9. The Bertz CT molecular complexity index is 663. The summed E-state index contributed by atoms with van der Waals surface area (Å²) in [6.45, 7) is 3.23. The monoisotopic (exact) mass is 344 g/mol. The first-order valence-electron chi connectivity index (χ1n) is 6.69. The fourth-order valence-corrected chi connectivity index (χ4v) is 3.05. The molecule has 1 aromatic carbocycles. The number of anilines is 1. The number of likely N-dealkylation sites (N-methyl/N-ethyl adjacent to an activating group) is 1. The van der Waals surface area contributed by atoms with Gasteiger partial charge in [0.15, 0.2) is 0 Å². The molecule has 0 unspecified atom stereocenters. The first-order chi connectivity index (χ1) is 10.5. The number of nitrogens with one attached hydrogen (secondary N) is 1. The number of hydrogen-bond acceptors (Lipinski definition) is 3. The van der Waals surface area contributed by atoms with E-state index >= 15 is 0 Å². The van der Waals surface area contributed by atoms with Gasteiger partial charge in [-0.15, -0.1) is 11.3 Å². The third-order valence-electron chi connectivity index (χ3n) is 3.03. The normalized spacial score (nSPS) is 11.0. The zero-order chi connectivity index (χ0) is 16.1. The van der Waals surface area contributed by atoms with Crippen LogP contribution in [0.5, 0.6) is 0 Å². The molecule has 1 N–H and O–H groups in total. The van der Waals surface area contributed by atoms with E-state index in [0.29, 0.717) is 17.4 Å². The second kappa shape index (κ2) is 7.67. The molecule has 118 valence electrons. The van der Waals surface area contributed by atoms with E-state index in [1.807, 2.05) is 17.9 Å². The molecular weight excluding hydrogens is 330 g/mol. The highest BCUT2D eigenvalue weighted by Gasteiger charge is 2.13. The summed E-state index contributed by atoms with van der Waals surface area (Å²) in [5.41, 5.74) is -0.153. The number of halogens is 3. The summed E-state index contributed by atoms with van der Waals surface area (Å²) in [7, 11) is 0. The van der Waals surface area contributed by atoms with Crippen LogP contribution in [0.2, 0.25) is 4.34 Å². The predicted molar refractivity (Wildman–Crippen MR) is 85.3 cm³/mol. The van der Waals surface area contributed by atoms with Crippen LogP contribution >= 0.6 is 22.9 Å². The van der Waals surface area contributed by atoms with Gasteiger partial charge in [0.25, 0.3) is 0 Å². The van der Waals surface area contributed by atoms with E-state index in [4.69, 9.17) is 11.6 Å². The smallest absolute Gasteiger partial charge is 0.238 e. The van der Waals surface area contributed by atoms with Crippen LogP contribution < -0.4 is 5.32 Å². The Kier molecular flexibility index (Phi) is 5.88. The standard InChI is InChI=1S/C15H15ClF2N2OS/c1-2-20(8-11-4-6-14(16)22-11)9-15(21)19-13-7-10(17)3-5-12(13)18/h3-7H,2,8-9H2,1H3,(H,19,21). The van der Waals surface area contributed by atoms with Gasteiger partial charge < -0.3 is 5.32 Å². The van der Waals surface area contributed by atoms with E-state index in [1.54, 1.807) is 6.07 Å². The van der Waals surface area contributed by atoms with Crippen molar-refractivity contribution in [1.29, 1.82) is 0 Å². The lowest BCUT2D eigenvalue weighted by Crippen LogP contribution is -2.32. The van der Waals surface area contributed by atoms with Crippen LogP contribution in [0.3, 0.4) is 0 Å². The van der Waals surface area contributed by atoms with Gasteiger partial charge in [-0.05, 0) is 30.8 Å². The molecule has 1 heterocycles. The minimum Gasteiger partial charge on any atom is -0.322 e. The molecule has 0 aliphatic rings. The highest BCUT2D eigenvalue weighted by atomic mass is 35.5. The topological polar surface area (TPSA) is 32.3 Å². The Hall–Kier alpha value is -1.50. The number of benzene rings is 1. The molecule has 0 radical (unpaired) electrons. The lowest BCUT2D eigenvalue weighted by atomic mass is 10.3. The quantitative estimate of drug-likeness (QED) is 0.854. The van der Waals surface area contributed by atoms with Gasteiger partial charge >= 0.3 is 0 Å². The minimum atomic E-state index is -0.664. The number of carbonyl (C=O) groups is 1. The van der Waals surface area contributed by atoms with Crippen LogP contribution in [0.1, 0.15) is 11.8 Å². The molecule has 0 fully saturated rings. The van der Waals surface area contributed by atoms with Crippen molar-refractivity contribution < 1.29 is 13.6 Å². The van der Waals surface area contributed by atoms with Crippen molar-refractivity contribution >= 4 is 34.5 Å². The molecule has 2 aromatic rings. The molecule has 22 heavy (non-hydrogen) atoms. The van der Waals surface area contributed by atoms with Crippen LogP contribution in [0.25, 0.3) is 0 Å². The number of hydrogen-bond donors (Lipinski definition) is 1. The zero-order valence-corrected chi connectivity index (χ0v) is 13.5. The van der Waals surface area contributed by atoms with Gasteiger partial charge in [-0.2, -0.15) is 0 Å². The molecule has 1 aromatic heterocycles. The van der Waals surface area contributed by atoms with Crippen LogP contribution in [0.4, 0.5) is 14.5 Å². The summed E-state index contributed by atoms with van der Waals surface area (Å²) in [4.78, 5) is 14.9. The van der Waals surface area contributed by atoms with Crippen molar-refractivity contribution in [2.24, 2.45) is 0 Å². The number of nitrogens with zero attached hydrogens (tertiary/aromatic N) is 1. The summed E-state index contributed by atoms with van der Waals surface area (Å²) in [6.07, 6.45) is 0. The third-order valence-corrected chi connectivity index (χ3v) is 4.24. The SMILES string of the molecule is CCN(CC(=O)Nc1cc(F)ccc1F)Cc1ccc(Cl)s1. The summed E-state index contributed by atoms with van der Waals surface area (Å²) in [6, 6.07) is 6.65. The zero-order valence-electron chi connectivity index (χ0n) is 11.9. The van der Waals surface area contributed by atoms with E-state index in [2.05, 4.69) is 5.32 Å². The van der Waals surface area contributed by atoms with Crippen molar-refractivity contribution in [3.8, 4) is 0 Å². The van der Waals surface area contributed by atoms with E-state index in [-0.39, 0.29) is 12.2 Å². The summed E-state index contributed by atoms with van der Waals surface area (Å²) >= 11 is 7.33. The second-order valence-electron chi connectivity index (χ2n) is 4.68. The van der Waals surface area contributed by atoms with E-state index in [0.717, 1.165) is 23.1 Å². The number of carbonyl (C=O) groups excluding carboxylic acids is 1. The number of amides is 1. The first-order valence-corrected chi connectivity index (χ1v) is 7.89. The third kappa shape index (κ3) is 4.76. The Morgan fingerprint density at radius 2 is 2.09 bits per heavy atom. The van der Waals surface area contributed by atoms with Crippen LogP contribution in [0, 0.1) is 11.6 Å². The van der Waals surface area contributed by atoms with Gasteiger partial charge in [0.05, 0.1) is 16.6 Å². The maximum atomic E-state index is 13.5. The highest BCUT2D eigenvalue weighted by molar-refractivity contribution is 7.16. The fourth-order valence-electron chi connectivity index (χ4n) is 1.92. The summed E-state index contributed by atoms with van der Waals surface area (Å²) in [5.74, 6) is -1.66. The molecule has 0 spiro atoms. The average Bonchev–Trinajstić information content (AvgIpc) is 2.87. The van der Waals surface area contributed by atoms with Crippen molar-refractivity contribution in [3.63, 3.8) is 0 Å².